The van der Waals surface area contributed by atoms with Crippen LogP contribution in [0.25, 0.3) is 0 Å². The monoisotopic (exact) mass is 455 g/mol. The second-order valence-electron chi connectivity index (χ2n) is 6.24. The first-order valence-electron chi connectivity index (χ1n) is 9.18. The summed E-state index contributed by atoms with van der Waals surface area (Å²) < 4.78 is 5.09. The fourth-order valence-corrected chi connectivity index (χ4v) is 2.75. The summed E-state index contributed by atoms with van der Waals surface area (Å²) in [5, 5.41) is 6.78. The summed E-state index contributed by atoms with van der Waals surface area (Å²) in [7, 11) is 3.88. The van der Waals surface area contributed by atoms with Crippen molar-refractivity contribution >= 4 is 29.9 Å². The van der Waals surface area contributed by atoms with E-state index in [-0.39, 0.29) is 24.0 Å². The number of hydrogen-bond donors (Lipinski definition) is 2. The average Bonchev–Trinajstić information content (AvgIpc) is 2.57. The molecule has 6 nitrogen and oxygen atoms in total. The zero-order valence-electron chi connectivity index (χ0n) is 15.9. The van der Waals surface area contributed by atoms with E-state index in [1.807, 2.05) is 0 Å². The molecule has 1 fully saturated rings. The van der Waals surface area contributed by atoms with E-state index >= 15 is 0 Å². The number of methoxy groups -OCH3 is 1. The second-order valence-corrected chi connectivity index (χ2v) is 6.24. The Morgan fingerprint density at radius 3 is 2.58 bits per heavy atom. The lowest BCUT2D eigenvalue weighted by atomic mass is 10.1. The minimum Gasteiger partial charge on any atom is -0.383 e. The number of halogens is 1. The second kappa shape index (κ2) is 16.4. The molecule has 0 spiro atoms. The Kier molecular flexibility index (Phi) is 16.3. The molecule has 1 rings (SSSR count). The van der Waals surface area contributed by atoms with Crippen molar-refractivity contribution in [1.29, 1.82) is 0 Å². The van der Waals surface area contributed by atoms with Gasteiger partial charge in [0.05, 0.1) is 6.61 Å². The Bertz CT molecular complexity index is 311. The van der Waals surface area contributed by atoms with Crippen molar-refractivity contribution < 1.29 is 4.74 Å². The maximum absolute atomic E-state index is 5.09. The number of nitrogens with zero attached hydrogens (tertiary/aromatic N) is 3. The Labute approximate surface area is 165 Å². The molecule has 0 amide bonds. The van der Waals surface area contributed by atoms with E-state index in [4.69, 9.17) is 4.74 Å². The normalized spacial score (nSPS) is 16.1. The van der Waals surface area contributed by atoms with Crippen LogP contribution in [0, 0.1) is 0 Å². The molecule has 1 heterocycles. The van der Waals surface area contributed by atoms with E-state index < -0.39 is 0 Å². The van der Waals surface area contributed by atoms with Gasteiger partial charge in [0.2, 0.25) is 0 Å². The Balaban J connectivity index is 0.00000529. The summed E-state index contributed by atoms with van der Waals surface area (Å²) >= 11 is 0. The number of aliphatic imine (C=N–C) groups is 1. The first-order valence-corrected chi connectivity index (χ1v) is 9.18. The molecule has 1 saturated heterocycles. The Morgan fingerprint density at radius 2 is 1.92 bits per heavy atom. The van der Waals surface area contributed by atoms with E-state index in [1.165, 1.54) is 32.4 Å². The van der Waals surface area contributed by atoms with E-state index in [1.54, 1.807) is 7.11 Å². The van der Waals surface area contributed by atoms with Gasteiger partial charge in [-0.2, -0.15) is 0 Å². The molecular formula is C17H38IN5O. The van der Waals surface area contributed by atoms with Crippen LogP contribution in [0.3, 0.4) is 0 Å². The van der Waals surface area contributed by atoms with Crippen LogP contribution in [0.15, 0.2) is 4.99 Å². The van der Waals surface area contributed by atoms with Gasteiger partial charge in [0.1, 0.15) is 0 Å². The van der Waals surface area contributed by atoms with Crippen LogP contribution in [0.4, 0.5) is 0 Å². The summed E-state index contributed by atoms with van der Waals surface area (Å²) in [6.45, 7) is 11.3. The number of likely N-dealkylation sites (N-methyl/N-ethyl adjacent to an activating group) is 1. The van der Waals surface area contributed by atoms with Crippen molar-refractivity contribution in [2.24, 2.45) is 4.99 Å². The molecule has 0 aromatic heterocycles. The van der Waals surface area contributed by atoms with Crippen LogP contribution in [0.5, 0.6) is 0 Å². The van der Waals surface area contributed by atoms with Gasteiger partial charge in [-0.1, -0.05) is 6.42 Å². The first kappa shape index (κ1) is 23.9. The lowest BCUT2D eigenvalue weighted by Gasteiger charge is -2.26. The fourth-order valence-electron chi connectivity index (χ4n) is 2.75. The number of likely N-dealkylation sites (tertiary alicyclic amines) is 1. The Hall–Kier alpha value is -0.120. The highest BCUT2D eigenvalue weighted by Gasteiger charge is 2.09. The highest BCUT2D eigenvalue weighted by Crippen LogP contribution is 2.07. The maximum Gasteiger partial charge on any atom is 0.191 e. The third-order valence-corrected chi connectivity index (χ3v) is 4.16. The zero-order chi connectivity index (χ0) is 16.8. The van der Waals surface area contributed by atoms with Gasteiger partial charge >= 0.3 is 0 Å². The predicted octanol–water partition coefficient (Wildman–Crippen LogP) is 1.61. The molecule has 24 heavy (non-hydrogen) atoms. The predicted molar refractivity (Wildman–Crippen MR) is 114 cm³/mol. The smallest absolute Gasteiger partial charge is 0.191 e. The van der Waals surface area contributed by atoms with Gasteiger partial charge in [0, 0.05) is 39.8 Å². The molecule has 7 heteroatoms. The minimum absolute atomic E-state index is 0. The minimum atomic E-state index is 0. The van der Waals surface area contributed by atoms with Crippen molar-refractivity contribution in [2.75, 3.05) is 73.1 Å². The summed E-state index contributed by atoms with van der Waals surface area (Å²) in [6.07, 6.45) is 5.17. The van der Waals surface area contributed by atoms with Gasteiger partial charge < -0.3 is 25.2 Å². The van der Waals surface area contributed by atoms with E-state index in [0.29, 0.717) is 0 Å². The van der Waals surface area contributed by atoms with Gasteiger partial charge in [-0.15, -0.1) is 24.0 Å². The summed E-state index contributed by atoms with van der Waals surface area (Å²) in [4.78, 5) is 9.50. The zero-order valence-corrected chi connectivity index (χ0v) is 18.2. The van der Waals surface area contributed by atoms with Gasteiger partial charge in [0.25, 0.3) is 0 Å². The summed E-state index contributed by atoms with van der Waals surface area (Å²) in [5.74, 6) is 0.948. The molecule has 0 aromatic carbocycles. The number of piperidine rings is 1. The molecule has 0 bridgehead atoms. The van der Waals surface area contributed by atoms with Gasteiger partial charge in [-0.3, -0.25) is 4.99 Å². The highest BCUT2D eigenvalue weighted by atomic mass is 127. The molecule has 0 aliphatic carbocycles. The summed E-state index contributed by atoms with van der Waals surface area (Å²) in [6, 6.07) is 0. The highest BCUT2D eigenvalue weighted by molar-refractivity contribution is 14.0. The Morgan fingerprint density at radius 1 is 1.17 bits per heavy atom. The number of guanidine groups is 1. The number of ether oxygens (including phenoxy) is 1. The lowest BCUT2D eigenvalue weighted by molar-refractivity contribution is 0.161. The quantitative estimate of drug-likeness (QED) is 0.215. The fraction of sp³-hybridized carbons (Fsp3) is 0.941. The van der Waals surface area contributed by atoms with Crippen molar-refractivity contribution in [3.63, 3.8) is 0 Å². The standard InChI is InChI=1S/C17H37N5O.HI/c1-4-18-17(19-9-8-11-21(2)15-16-23-3)20-10-14-22-12-6-5-7-13-22;/h4-16H2,1-3H3,(H2,18,19,20);1H. The molecule has 0 radical (unpaired) electrons. The van der Waals surface area contributed by atoms with Crippen LogP contribution in [-0.2, 0) is 4.74 Å². The SMILES string of the molecule is CCNC(=NCCCN(C)CCOC)NCCN1CCCCC1.I. The van der Waals surface area contributed by atoms with Crippen molar-refractivity contribution in [3.8, 4) is 0 Å². The average molecular weight is 455 g/mol. The third kappa shape index (κ3) is 12.3. The van der Waals surface area contributed by atoms with Crippen LogP contribution in [0.1, 0.15) is 32.6 Å². The van der Waals surface area contributed by atoms with Crippen molar-refractivity contribution in [3.05, 3.63) is 0 Å². The largest absolute Gasteiger partial charge is 0.383 e. The molecule has 0 atom stereocenters. The van der Waals surface area contributed by atoms with Crippen LogP contribution in [0.2, 0.25) is 0 Å². The number of hydrogen-bond acceptors (Lipinski definition) is 4. The van der Waals surface area contributed by atoms with Crippen molar-refractivity contribution in [1.82, 2.24) is 20.4 Å². The summed E-state index contributed by atoms with van der Waals surface area (Å²) in [5.41, 5.74) is 0. The molecule has 2 N–H and O–H groups in total. The van der Waals surface area contributed by atoms with Crippen LogP contribution >= 0.6 is 24.0 Å². The molecule has 0 unspecified atom stereocenters. The van der Waals surface area contributed by atoms with Gasteiger partial charge in [-0.05, 0) is 52.9 Å². The van der Waals surface area contributed by atoms with E-state index in [2.05, 4.69) is 39.4 Å². The van der Waals surface area contributed by atoms with Crippen LogP contribution < -0.4 is 10.6 Å². The van der Waals surface area contributed by atoms with E-state index in [0.717, 1.165) is 58.3 Å². The molecule has 144 valence electrons. The van der Waals surface area contributed by atoms with Gasteiger partial charge in [-0.25, -0.2) is 0 Å². The molecule has 0 saturated carbocycles. The third-order valence-electron chi connectivity index (χ3n) is 4.16. The van der Waals surface area contributed by atoms with Crippen molar-refractivity contribution in [2.45, 2.75) is 32.6 Å². The lowest BCUT2D eigenvalue weighted by Crippen LogP contribution is -2.42. The van der Waals surface area contributed by atoms with Gasteiger partial charge in [0.15, 0.2) is 5.96 Å². The van der Waals surface area contributed by atoms with Crippen LogP contribution in [-0.4, -0.2) is 88.9 Å². The molecular weight excluding hydrogens is 417 g/mol. The topological polar surface area (TPSA) is 52.1 Å². The molecule has 0 aromatic rings. The maximum atomic E-state index is 5.09. The number of nitrogens with one attached hydrogen (secondary N) is 2. The molecule has 1 aliphatic heterocycles. The van der Waals surface area contributed by atoms with E-state index in [9.17, 15) is 0 Å². The first-order chi connectivity index (χ1) is 11.3. The molecule has 1 aliphatic rings. The number of rotatable bonds is 11.